The number of rotatable bonds is 3. The first-order valence-corrected chi connectivity index (χ1v) is 8.85. The summed E-state index contributed by atoms with van der Waals surface area (Å²) in [6.45, 7) is 0. The van der Waals surface area contributed by atoms with Crippen molar-refractivity contribution in [2.75, 3.05) is 0 Å². The van der Waals surface area contributed by atoms with E-state index in [0.29, 0.717) is 36.2 Å². The van der Waals surface area contributed by atoms with Crippen LogP contribution in [-0.4, -0.2) is 15.3 Å². The number of phenolic OH excluding ortho intramolecular Hbond substituents is 1. The molecule has 5 nitrogen and oxygen atoms in total. The molecule has 0 aromatic heterocycles. The molecule has 0 spiro atoms. The van der Waals surface area contributed by atoms with Crippen LogP contribution in [0.15, 0.2) is 51.5 Å². The highest BCUT2D eigenvalue weighted by molar-refractivity contribution is 8.26. The van der Waals surface area contributed by atoms with Crippen LogP contribution in [-0.2, 0) is 4.79 Å². The number of thiocarbonyl (C=S) groups is 1. The number of benzene rings is 2. The molecule has 1 heterocycles. The molecule has 0 saturated carbocycles. The summed E-state index contributed by atoms with van der Waals surface area (Å²) in [5.74, 6) is -0.281. The first-order chi connectivity index (χ1) is 11.9. The third kappa shape index (κ3) is 4.38. The molecule has 9 heteroatoms. The Kier molecular flexibility index (Phi) is 5.39. The second kappa shape index (κ2) is 7.53. The van der Waals surface area contributed by atoms with Crippen LogP contribution in [0.5, 0.6) is 5.75 Å². The van der Waals surface area contributed by atoms with Gasteiger partial charge in [0.05, 0.1) is 15.6 Å². The smallest absolute Gasteiger partial charge is 0.263 e. The zero-order chi connectivity index (χ0) is 18.0. The average Bonchev–Trinajstić information content (AvgIpc) is 2.87. The Morgan fingerprint density at radius 2 is 1.96 bits per heavy atom. The van der Waals surface area contributed by atoms with Gasteiger partial charge in [-0.05, 0) is 42.5 Å². The number of carbonyl (C=O) groups is 1. The van der Waals surface area contributed by atoms with Crippen molar-refractivity contribution in [1.29, 1.82) is 0 Å². The van der Waals surface area contributed by atoms with E-state index in [-0.39, 0.29) is 11.7 Å². The summed E-state index contributed by atoms with van der Waals surface area (Å²) in [6.07, 6.45) is 1.54. The number of aromatic hydroxyl groups is 1. The number of hydrogen-bond donors (Lipinski definition) is 2. The molecule has 2 N–H and O–H groups in total. The molecular formula is C16H9Cl2N3O2S2. The minimum absolute atomic E-state index is 0.0159. The van der Waals surface area contributed by atoms with Crippen LogP contribution in [0.3, 0.4) is 0 Å². The Morgan fingerprint density at radius 3 is 2.64 bits per heavy atom. The number of halogens is 2. The molecule has 0 atom stereocenters. The van der Waals surface area contributed by atoms with Gasteiger partial charge in [-0.25, -0.2) is 0 Å². The fourth-order valence-electron chi connectivity index (χ4n) is 1.96. The molecule has 126 valence electrons. The van der Waals surface area contributed by atoms with Crippen molar-refractivity contribution in [3.05, 3.63) is 56.9 Å². The number of carbonyl (C=O) groups excluding carboxylic acids is 1. The van der Waals surface area contributed by atoms with Gasteiger partial charge >= 0.3 is 0 Å². The molecule has 2 aromatic carbocycles. The molecule has 0 unspecified atom stereocenters. The van der Waals surface area contributed by atoms with Gasteiger partial charge in [0, 0.05) is 10.6 Å². The Morgan fingerprint density at radius 1 is 1.16 bits per heavy atom. The van der Waals surface area contributed by atoms with E-state index in [9.17, 15) is 9.90 Å². The van der Waals surface area contributed by atoms with Gasteiger partial charge in [0.1, 0.15) is 15.8 Å². The quantitative estimate of drug-likeness (QED) is 0.392. The van der Waals surface area contributed by atoms with Crippen molar-refractivity contribution in [3.8, 4) is 5.75 Å². The standard InChI is InChI=1S/C16H9Cl2N3O2S2/c17-9-1-3-12(11(18)7-9)21-20-10-2-4-13(22)8(5-10)6-14-15(23)19-16(24)25-14/h1-7,22H,(H,19,23,24)/b14-6+,21-20?. The van der Waals surface area contributed by atoms with Crippen molar-refractivity contribution in [2.24, 2.45) is 10.2 Å². The Labute approximate surface area is 162 Å². The Bertz CT molecular complexity index is 945. The molecule has 0 bridgehead atoms. The number of amides is 1. The van der Waals surface area contributed by atoms with Gasteiger partial charge in [-0.2, -0.15) is 5.11 Å². The van der Waals surface area contributed by atoms with Crippen molar-refractivity contribution >= 4 is 74.9 Å². The maximum Gasteiger partial charge on any atom is 0.263 e. The first-order valence-electron chi connectivity index (χ1n) is 6.87. The lowest BCUT2D eigenvalue weighted by molar-refractivity contribution is -0.115. The van der Waals surface area contributed by atoms with Gasteiger partial charge in [-0.1, -0.05) is 47.2 Å². The SMILES string of the molecule is O=C1NC(=S)S/C1=C/c1cc(N=Nc2ccc(Cl)cc2Cl)ccc1O. The summed E-state index contributed by atoms with van der Waals surface area (Å²) in [5.41, 5.74) is 1.39. The maximum absolute atomic E-state index is 11.7. The van der Waals surface area contributed by atoms with Crippen molar-refractivity contribution in [3.63, 3.8) is 0 Å². The maximum atomic E-state index is 11.7. The molecule has 25 heavy (non-hydrogen) atoms. The zero-order valence-corrected chi connectivity index (χ0v) is 15.5. The van der Waals surface area contributed by atoms with Crippen LogP contribution in [0.2, 0.25) is 10.0 Å². The van der Waals surface area contributed by atoms with Gasteiger partial charge in [0.15, 0.2) is 0 Å². The number of nitrogens with zero attached hydrogens (tertiary/aromatic N) is 2. The number of phenols is 1. The number of hydrogen-bond acceptors (Lipinski definition) is 6. The molecule has 1 amide bonds. The number of nitrogens with one attached hydrogen (secondary N) is 1. The lowest BCUT2D eigenvalue weighted by atomic mass is 10.1. The van der Waals surface area contributed by atoms with E-state index in [2.05, 4.69) is 15.5 Å². The van der Waals surface area contributed by atoms with E-state index in [0.717, 1.165) is 11.8 Å². The van der Waals surface area contributed by atoms with Gasteiger partial charge in [0.25, 0.3) is 5.91 Å². The third-order valence-corrected chi connectivity index (χ3v) is 4.82. The van der Waals surface area contributed by atoms with Crippen molar-refractivity contribution in [2.45, 2.75) is 0 Å². The second-order valence-corrected chi connectivity index (χ2v) is 7.45. The fourth-order valence-corrected chi connectivity index (χ4v) is 3.44. The van der Waals surface area contributed by atoms with Gasteiger partial charge < -0.3 is 10.4 Å². The summed E-state index contributed by atoms with van der Waals surface area (Å²) in [6, 6.07) is 9.55. The molecule has 0 aliphatic carbocycles. The van der Waals surface area contributed by atoms with Crippen LogP contribution in [0.25, 0.3) is 6.08 Å². The molecule has 3 rings (SSSR count). The summed E-state index contributed by atoms with van der Waals surface area (Å²) in [7, 11) is 0. The largest absolute Gasteiger partial charge is 0.507 e. The van der Waals surface area contributed by atoms with Crippen LogP contribution < -0.4 is 5.32 Å². The summed E-state index contributed by atoms with van der Waals surface area (Å²) < 4.78 is 0.379. The van der Waals surface area contributed by atoms with Gasteiger partial charge in [0.2, 0.25) is 0 Å². The molecule has 0 radical (unpaired) electrons. The molecule has 1 aliphatic rings. The lowest BCUT2D eigenvalue weighted by Crippen LogP contribution is -2.17. The summed E-state index contributed by atoms with van der Waals surface area (Å²) >= 11 is 18.0. The summed E-state index contributed by atoms with van der Waals surface area (Å²) in [5, 5.41) is 21.6. The number of azo groups is 1. The monoisotopic (exact) mass is 409 g/mol. The Balaban J connectivity index is 1.89. The van der Waals surface area contributed by atoms with Crippen LogP contribution in [0.1, 0.15) is 5.56 Å². The topological polar surface area (TPSA) is 74.0 Å². The number of thioether (sulfide) groups is 1. The predicted octanol–water partition coefficient (Wildman–Crippen LogP) is 5.60. The predicted molar refractivity (Wildman–Crippen MR) is 105 cm³/mol. The minimum Gasteiger partial charge on any atom is -0.507 e. The van der Waals surface area contributed by atoms with Crippen LogP contribution >= 0.6 is 47.2 Å². The van der Waals surface area contributed by atoms with Gasteiger partial charge in [-0.3, -0.25) is 4.79 Å². The lowest BCUT2D eigenvalue weighted by Gasteiger charge is -2.02. The summed E-state index contributed by atoms with van der Waals surface area (Å²) in [4.78, 5) is 12.1. The zero-order valence-electron chi connectivity index (χ0n) is 12.4. The second-order valence-electron chi connectivity index (χ2n) is 4.89. The van der Waals surface area contributed by atoms with Crippen LogP contribution in [0, 0.1) is 0 Å². The average molecular weight is 410 g/mol. The highest BCUT2D eigenvalue weighted by atomic mass is 35.5. The normalized spacial score (nSPS) is 16.0. The molecule has 1 saturated heterocycles. The fraction of sp³-hybridized carbons (Fsp3) is 0. The third-order valence-electron chi connectivity index (χ3n) is 3.12. The molecule has 2 aromatic rings. The van der Waals surface area contributed by atoms with E-state index in [1.807, 2.05) is 0 Å². The van der Waals surface area contributed by atoms with E-state index >= 15 is 0 Å². The van der Waals surface area contributed by atoms with E-state index < -0.39 is 0 Å². The highest BCUT2D eigenvalue weighted by Crippen LogP contribution is 2.33. The van der Waals surface area contributed by atoms with E-state index in [4.69, 9.17) is 35.4 Å². The molecule has 1 aliphatic heterocycles. The van der Waals surface area contributed by atoms with E-state index in [1.165, 1.54) is 6.07 Å². The van der Waals surface area contributed by atoms with Gasteiger partial charge in [-0.15, -0.1) is 5.11 Å². The highest BCUT2D eigenvalue weighted by Gasteiger charge is 2.22. The molecular weight excluding hydrogens is 401 g/mol. The molecule has 1 fully saturated rings. The van der Waals surface area contributed by atoms with E-state index in [1.54, 1.807) is 36.4 Å². The first kappa shape index (κ1) is 17.9. The van der Waals surface area contributed by atoms with Crippen molar-refractivity contribution < 1.29 is 9.90 Å². The van der Waals surface area contributed by atoms with Crippen molar-refractivity contribution in [1.82, 2.24) is 5.32 Å². The minimum atomic E-state index is -0.297. The van der Waals surface area contributed by atoms with Crippen LogP contribution in [0.4, 0.5) is 11.4 Å². The Hall–Kier alpha value is -1.93.